The van der Waals surface area contributed by atoms with Gasteiger partial charge in [-0.2, -0.15) is 0 Å². The van der Waals surface area contributed by atoms with Crippen molar-refractivity contribution in [1.29, 1.82) is 0 Å². The van der Waals surface area contributed by atoms with Gasteiger partial charge in [0.2, 0.25) is 0 Å². The van der Waals surface area contributed by atoms with E-state index >= 15 is 0 Å². The highest BCUT2D eigenvalue weighted by Gasteiger charge is 2.12. The second-order valence-corrected chi connectivity index (χ2v) is 4.18. The summed E-state index contributed by atoms with van der Waals surface area (Å²) in [4.78, 5) is 12.1. The van der Waals surface area contributed by atoms with Gasteiger partial charge in [0.15, 0.2) is 11.5 Å². The zero-order chi connectivity index (χ0) is 15.4. The van der Waals surface area contributed by atoms with E-state index in [1.807, 2.05) is 0 Å². The zero-order valence-electron chi connectivity index (χ0n) is 11.4. The fourth-order valence-electron chi connectivity index (χ4n) is 1.81. The average molecular weight is 293 g/mol. The van der Waals surface area contributed by atoms with Crippen molar-refractivity contribution in [1.82, 2.24) is 0 Å². The molecule has 21 heavy (non-hydrogen) atoms. The second kappa shape index (κ2) is 6.21. The Morgan fingerprint density at radius 2 is 1.57 bits per heavy atom. The lowest BCUT2D eigenvalue weighted by Gasteiger charge is -2.10. The van der Waals surface area contributed by atoms with Crippen LogP contribution < -0.4 is 14.8 Å². The van der Waals surface area contributed by atoms with Crippen molar-refractivity contribution in [2.75, 3.05) is 19.5 Å². The normalized spacial score (nSPS) is 10.1. The van der Waals surface area contributed by atoms with E-state index in [2.05, 4.69) is 5.32 Å². The van der Waals surface area contributed by atoms with E-state index in [1.165, 1.54) is 26.4 Å². The molecule has 1 amide bonds. The monoisotopic (exact) mass is 293 g/mol. The Labute approximate surface area is 120 Å². The molecule has 0 saturated carbocycles. The first-order valence-corrected chi connectivity index (χ1v) is 6.03. The van der Waals surface area contributed by atoms with Crippen molar-refractivity contribution in [3.8, 4) is 11.5 Å². The predicted octanol–water partition coefficient (Wildman–Crippen LogP) is 3.23. The summed E-state index contributed by atoms with van der Waals surface area (Å²) in [7, 11) is 2.93. The Hall–Kier alpha value is -2.63. The fourth-order valence-corrected chi connectivity index (χ4v) is 1.81. The number of anilines is 1. The first kappa shape index (κ1) is 14.8. The van der Waals surface area contributed by atoms with E-state index in [1.54, 1.807) is 6.07 Å². The van der Waals surface area contributed by atoms with E-state index in [-0.39, 0.29) is 11.3 Å². The third kappa shape index (κ3) is 3.47. The van der Waals surface area contributed by atoms with Crippen molar-refractivity contribution in [2.24, 2.45) is 0 Å². The number of ether oxygens (including phenoxy) is 2. The smallest absolute Gasteiger partial charge is 0.255 e. The molecule has 0 aliphatic carbocycles. The summed E-state index contributed by atoms with van der Waals surface area (Å²) in [6.45, 7) is 0. The van der Waals surface area contributed by atoms with Gasteiger partial charge in [-0.1, -0.05) is 0 Å². The molecular formula is C15H13F2NO3. The molecule has 6 heteroatoms. The Bertz CT molecular complexity index is 654. The largest absolute Gasteiger partial charge is 0.493 e. The number of carbonyl (C=O) groups is 1. The standard InChI is InChI=1S/C15H13F2NO3/c1-20-13-4-3-9(5-14(13)21-2)15(19)18-12-7-10(16)6-11(17)8-12/h3-8H,1-2H3,(H,18,19). The molecule has 0 saturated heterocycles. The molecule has 0 aromatic heterocycles. The SMILES string of the molecule is COc1ccc(C(=O)Nc2cc(F)cc(F)c2)cc1OC. The van der Waals surface area contributed by atoms with Gasteiger partial charge in [0.25, 0.3) is 5.91 Å². The quantitative estimate of drug-likeness (QED) is 0.941. The summed E-state index contributed by atoms with van der Waals surface area (Å²) in [6.07, 6.45) is 0. The van der Waals surface area contributed by atoms with E-state index < -0.39 is 17.5 Å². The molecule has 110 valence electrons. The van der Waals surface area contributed by atoms with Crippen molar-refractivity contribution in [2.45, 2.75) is 0 Å². The lowest BCUT2D eigenvalue weighted by molar-refractivity contribution is 0.102. The number of halogens is 2. The van der Waals surface area contributed by atoms with E-state index in [0.29, 0.717) is 11.5 Å². The second-order valence-electron chi connectivity index (χ2n) is 4.18. The molecule has 0 radical (unpaired) electrons. The van der Waals surface area contributed by atoms with Crippen LogP contribution in [0.25, 0.3) is 0 Å². The first-order valence-electron chi connectivity index (χ1n) is 6.03. The minimum atomic E-state index is -0.766. The maximum atomic E-state index is 13.1. The summed E-state index contributed by atoms with van der Waals surface area (Å²) in [5.74, 6) is -1.18. The van der Waals surface area contributed by atoms with Gasteiger partial charge in [-0.3, -0.25) is 4.79 Å². The predicted molar refractivity (Wildman–Crippen MR) is 73.9 cm³/mol. The fraction of sp³-hybridized carbons (Fsp3) is 0.133. The third-order valence-corrected chi connectivity index (χ3v) is 2.77. The van der Waals surface area contributed by atoms with Crippen LogP contribution in [0.4, 0.5) is 14.5 Å². The van der Waals surface area contributed by atoms with Crippen molar-refractivity contribution in [3.05, 3.63) is 53.6 Å². The third-order valence-electron chi connectivity index (χ3n) is 2.77. The molecule has 2 aromatic carbocycles. The molecule has 0 bridgehead atoms. The van der Waals surface area contributed by atoms with Gasteiger partial charge >= 0.3 is 0 Å². The summed E-state index contributed by atoms with van der Waals surface area (Å²) >= 11 is 0. The Morgan fingerprint density at radius 3 is 2.14 bits per heavy atom. The van der Waals surface area contributed by atoms with Gasteiger partial charge in [-0.05, 0) is 30.3 Å². The number of methoxy groups -OCH3 is 2. The molecule has 0 spiro atoms. The summed E-state index contributed by atoms with van der Waals surface area (Å²) in [5.41, 5.74) is 0.310. The molecule has 2 rings (SSSR count). The number of hydrogen-bond donors (Lipinski definition) is 1. The molecule has 0 heterocycles. The maximum absolute atomic E-state index is 13.1. The van der Waals surface area contributed by atoms with Gasteiger partial charge in [0.1, 0.15) is 11.6 Å². The highest BCUT2D eigenvalue weighted by molar-refractivity contribution is 6.04. The van der Waals surface area contributed by atoms with Crippen molar-refractivity contribution >= 4 is 11.6 Å². The Morgan fingerprint density at radius 1 is 0.952 bits per heavy atom. The summed E-state index contributed by atoms with van der Waals surface area (Å²) in [5, 5.41) is 2.41. The van der Waals surface area contributed by atoms with Gasteiger partial charge < -0.3 is 14.8 Å². The van der Waals surface area contributed by atoms with Gasteiger partial charge in [0, 0.05) is 17.3 Å². The number of benzene rings is 2. The minimum absolute atomic E-state index is 0.0345. The van der Waals surface area contributed by atoms with Crippen LogP contribution in [0.5, 0.6) is 11.5 Å². The lowest BCUT2D eigenvalue weighted by Crippen LogP contribution is -2.12. The van der Waals surface area contributed by atoms with E-state index in [4.69, 9.17) is 9.47 Å². The van der Waals surface area contributed by atoms with E-state index in [9.17, 15) is 13.6 Å². The van der Waals surface area contributed by atoms with Gasteiger partial charge in [-0.25, -0.2) is 8.78 Å². The number of rotatable bonds is 4. The summed E-state index contributed by atoms with van der Waals surface area (Å²) < 4.78 is 36.3. The van der Waals surface area contributed by atoms with E-state index in [0.717, 1.165) is 18.2 Å². The van der Waals surface area contributed by atoms with Crippen LogP contribution in [-0.2, 0) is 0 Å². The van der Waals surface area contributed by atoms with Gasteiger partial charge in [-0.15, -0.1) is 0 Å². The molecule has 1 N–H and O–H groups in total. The van der Waals surface area contributed by atoms with Crippen molar-refractivity contribution < 1.29 is 23.0 Å². The number of carbonyl (C=O) groups excluding carboxylic acids is 1. The minimum Gasteiger partial charge on any atom is -0.493 e. The average Bonchev–Trinajstić information content (AvgIpc) is 2.45. The maximum Gasteiger partial charge on any atom is 0.255 e. The van der Waals surface area contributed by atoms with Crippen LogP contribution in [0.2, 0.25) is 0 Å². The molecule has 4 nitrogen and oxygen atoms in total. The topological polar surface area (TPSA) is 47.6 Å². The van der Waals surface area contributed by atoms with Crippen LogP contribution >= 0.6 is 0 Å². The lowest BCUT2D eigenvalue weighted by atomic mass is 10.2. The van der Waals surface area contributed by atoms with Crippen LogP contribution in [0, 0.1) is 11.6 Å². The van der Waals surface area contributed by atoms with Crippen LogP contribution in [0.15, 0.2) is 36.4 Å². The van der Waals surface area contributed by atoms with Crippen LogP contribution in [0.3, 0.4) is 0 Å². The van der Waals surface area contributed by atoms with Crippen LogP contribution in [0.1, 0.15) is 10.4 Å². The molecule has 0 aliphatic rings. The highest BCUT2D eigenvalue weighted by atomic mass is 19.1. The van der Waals surface area contributed by atoms with Gasteiger partial charge in [0.05, 0.1) is 14.2 Å². The number of hydrogen-bond acceptors (Lipinski definition) is 3. The van der Waals surface area contributed by atoms with Crippen LogP contribution in [-0.4, -0.2) is 20.1 Å². The zero-order valence-corrected chi connectivity index (χ0v) is 11.4. The van der Waals surface area contributed by atoms with Crippen molar-refractivity contribution in [3.63, 3.8) is 0 Å². The molecule has 2 aromatic rings. The Kier molecular flexibility index (Phi) is 4.37. The molecule has 0 fully saturated rings. The number of amides is 1. The molecule has 0 atom stereocenters. The highest BCUT2D eigenvalue weighted by Crippen LogP contribution is 2.28. The Balaban J connectivity index is 2.24. The number of nitrogens with one attached hydrogen (secondary N) is 1. The molecular weight excluding hydrogens is 280 g/mol. The summed E-state index contributed by atoms with van der Waals surface area (Å²) in [6, 6.07) is 7.35. The molecule has 0 aliphatic heterocycles. The molecule has 0 unspecified atom stereocenters. The first-order chi connectivity index (χ1) is 10.0.